The van der Waals surface area contributed by atoms with E-state index in [0.717, 1.165) is 51.4 Å². The van der Waals surface area contributed by atoms with Gasteiger partial charge >= 0.3 is 19.8 Å². The number of rotatable bonds is 35. The number of carbonyl (C=O) groups is 2. The van der Waals surface area contributed by atoms with Crippen LogP contribution in [0.3, 0.4) is 0 Å². The van der Waals surface area contributed by atoms with Crippen LogP contribution in [-0.4, -0.2) is 89.2 Å². The van der Waals surface area contributed by atoms with Crippen molar-refractivity contribution in [3.63, 3.8) is 0 Å². The van der Waals surface area contributed by atoms with Crippen molar-refractivity contribution in [2.24, 2.45) is 11.7 Å². The van der Waals surface area contributed by atoms with Crippen LogP contribution in [0.15, 0.2) is 97.2 Å². The third-order valence-corrected chi connectivity index (χ3v) is 10.2. The number of aliphatic hydroxyl groups excluding tert-OH is 3. The van der Waals surface area contributed by atoms with Crippen molar-refractivity contribution in [3.05, 3.63) is 97.2 Å². The Hall–Kier alpha value is -3.23. The van der Waals surface area contributed by atoms with Gasteiger partial charge in [-0.2, -0.15) is 0 Å². The van der Waals surface area contributed by atoms with Crippen molar-refractivity contribution in [3.8, 4) is 0 Å². The second kappa shape index (κ2) is 37.3. The summed E-state index contributed by atoms with van der Waals surface area (Å²) in [6.45, 7) is 3.08. The Morgan fingerprint density at radius 3 is 1.98 bits per heavy atom. The Kier molecular flexibility index (Phi) is 34.1. The molecule has 0 aromatic rings. The van der Waals surface area contributed by atoms with Crippen molar-refractivity contribution in [1.82, 2.24) is 0 Å². The van der Waals surface area contributed by atoms with Crippen molar-refractivity contribution < 1.29 is 57.6 Å². The molecule has 0 aliphatic carbocycles. The standard InChI is InChI=1S/C47H76NO12P/c1-3-5-7-8-9-10-11-12-13-14-15-16-17-18-19-20-21-22-28-32-46(52)59-41(39-58-61(54,55)57-36-35-48)38-56-45(51)31-27-24-23-26-30-42-43(50)37-47(53)60-44(42)34-33-40(49)29-25-6-4-2/h5,7,9-10,12-13,15-16,18-19,21-23,26,33-34,40-44,47,49-50,53H,3-4,6,8,11,14,17,20,24-25,27-32,35-39,48H2,1-2H3,(H,54,55)/b7-5-,10-9-,13-12-,16-15-,19-18-,22-21-,26-23-,34-33+/t40-,41+,42-,43-,44+,47?/m0/s1. The van der Waals surface area contributed by atoms with E-state index in [-0.39, 0.29) is 44.9 Å². The first-order valence-electron chi connectivity index (χ1n) is 22.1. The molecule has 1 saturated heterocycles. The molecule has 0 bridgehead atoms. The van der Waals surface area contributed by atoms with Crippen LogP contribution < -0.4 is 5.73 Å². The molecule has 61 heavy (non-hydrogen) atoms. The van der Waals surface area contributed by atoms with E-state index in [4.69, 9.17) is 29.0 Å². The lowest BCUT2D eigenvalue weighted by molar-refractivity contribution is -0.199. The minimum atomic E-state index is -4.47. The van der Waals surface area contributed by atoms with E-state index in [1.807, 2.05) is 30.4 Å². The highest BCUT2D eigenvalue weighted by Crippen LogP contribution is 2.43. The maximum atomic E-state index is 12.6. The Bertz CT molecular complexity index is 1440. The number of unbranched alkanes of at least 4 members (excludes halogenated alkanes) is 3. The molecule has 346 valence electrons. The Labute approximate surface area is 365 Å². The molecule has 7 atom stereocenters. The lowest BCUT2D eigenvalue weighted by atomic mass is 9.87. The fourth-order valence-electron chi connectivity index (χ4n) is 5.93. The lowest BCUT2D eigenvalue weighted by Crippen LogP contribution is -2.43. The third kappa shape index (κ3) is 32.2. The van der Waals surface area contributed by atoms with Gasteiger partial charge in [0.25, 0.3) is 0 Å². The van der Waals surface area contributed by atoms with E-state index in [2.05, 4.69) is 68.5 Å². The average Bonchev–Trinajstić information content (AvgIpc) is 3.23. The number of hydrogen-bond donors (Lipinski definition) is 5. The second-order valence-corrected chi connectivity index (χ2v) is 16.2. The van der Waals surface area contributed by atoms with Gasteiger partial charge in [0, 0.05) is 31.7 Å². The zero-order chi connectivity index (χ0) is 44.8. The Morgan fingerprint density at radius 1 is 0.770 bits per heavy atom. The molecule has 1 aliphatic heterocycles. The summed E-state index contributed by atoms with van der Waals surface area (Å²) in [7, 11) is -4.47. The van der Waals surface area contributed by atoms with Crippen LogP contribution in [0.5, 0.6) is 0 Å². The maximum Gasteiger partial charge on any atom is 0.472 e. The zero-order valence-electron chi connectivity index (χ0n) is 36.6. The molecular formula is C47H76NO12P. The van der Waals surface area contributed by atoms with Crippen LogP contribution >= 0.6 is 7.82 Å². The first kappa shape index (κ1) is 55.8. The molecule has 0 aromatic heterocycles. The lowest BCUT2D eigenvalue weighted by Gasteiger charge is -2.36. The number of allylic oxidation sites excluding steroid dienone is 14. The summed E-state index contributed by atoms with van der Waals surface area (Å²) >= 11 is 0. The van der Waals surface area contributed by atoms with Gasteiger partial charge in [-0.05, 0) is 70.6 Å². The highest BCUT2D eigenvalue weighted by molar-refractivity contribution is 7.47. The van der Waals surface area contributed by atoms with Crippen molar-refractivity contribution in [1.29, 1.82) is 0 Å². The number of phosphoric acid groups is 1. The smallest absolute Gasteiger partial charge is 0.462 e. The van der Waals surface area contributed by atoms with Gasteiger partial charge in [0.2, 0.25) is 0 Å². The predicted molar refractivity (Wildman–Crippen MR) is 241 cm³/mol. The van der Waals surface area contributed by atoms with E-state index in [1.165, 1.54) is 0 Å². The van der Waals surface area contributed by atoms with Crippen molar-refractivity contribution in [2.45, 2.75) is 154 Å². The predicted octanol–water partition coefficient (Wildman–Crippen LogP) is 8.71. The van der Waals surface area contributed by atoms with Crippen LogP contribution in [0.4, 0.5) is 0 Å². The summed E-state index contributed by atoms with van der Waals surface area (Å²) < 4.78 is 38.3. The summed E-state index contributed by atoms with van der Waals surface area (Å²) in [6, 6.07) is 0. The molecule has 0 saturated carbocycles. The summed E-state index contributed by atoms with van der Waals surface area (Å²) in [5.74, 6) is -1.45. The minimum absolute atomic E-state index is 0.00304. The zero-order valence-corrected chi connectivity index (χ0v) is 37.5. The number of esters is 2. The number of hydrogen-bond acceptors (Lipinski definition) is 12. The first-order chi connectivity index (χ1) is 29.5. The SMILES string of the molecule is CC/C=C\C/C=C\C/C=C\C/C=C\C/C=C\C/C=C\CCC(=O)O[C@H](COC(=O)CCC/C=C\C[C@H]1[C@@H](O)CC(O)O[C@@H]1/C=C/[C@@H](O)CCCCC)COP(=O)(O)OCCN. The Balaban J connectivity index is 2.49. The number of phosphoric ester groups is 1. The van der Waals surface area contributed by atoms with Gasteiger partial charge in [-0.25, -0.2) is 4.57 Å². The molecule has 6 N–H and O–H groups in total. The molecule has 2 unspecified atom stereocenters. The fraction of sp³-hybridized carbons (Fsp3) is 0.617. The van der Waals surface area contributed by atoms with Gasteiger partial charge < -0.3 is 40.2 Å². The first-order valence-corrected chi connectivity index (χ1v) is 23.6. The van der Waals surface area contributed by atoms with Gasteiger partial charge in [-0.3, -0.25) is 18.6 Å². The van der Waals surface area contributed by atoms with Crippen LogP contribution in [0.25, 0.3) is 0 Å². The van der Waals surface area contributed by atoms with E-state index in [9.17, 15) is 34.4 Å². The van der Waals surface area contributed by atoms with E-state index in [0.29, 0.717) is 38.5 Å². The molecule has 1 aliphatic rings. The normalized spacial score (nSPS) is 21.0. The molecule has 13 nitrogen and oxygen atoms in total. The molecule has 1 rings (SSSR count). The van der Waals surface area contributed by atoms with Gasteiger partial charge in [0.1, 0.15) is 6.61 Å². The molecule has 1 heterocycles. The quantitative estimate of drug-likeness (QED) is 0.0175. The number of aliphatic hydroxyl groups is 3. The van der Waals surface area contributed by atoms with Crippen LogP contribution in [0.1, 0.15) is 123 Å². The van der Waals surface area contributed by atoms with Crippen LogP contribution in [0.2, 0.25) is 0 Å². The largest absolute Gasteiger partial charge is 0.472 e. The van der Waals surface area contributed by atoms with Gasteiger partial charge in [-0.15, -0.1) is 0 Å². The molecule has 0 radical (unpaired) electrons. The minimum Gasteiger partial charge on any atom is -0.462 e. The fourth-order valence-corrected chi connectivity index (χ4v) is 6.70. The molecule has 14 heteroatoms. The van der Waals surface area contributed by atoms with Crippen molar-refractivity contribution in [2.75, 3.05) is 26.4 Å². The van der Waals surface area contributed by atoms with E-state index < -0.39 is 57.1 Å². The maximum absolute atomic E-state index is 12.6. The average molecular weight is 878 g/mol. The monoisotopic (exact) mass is 878 g/mol. The molecule has 1 fully saturated rings. The van der Waals surface area contributed by atoms with E-state index in [1.54, 1.807) is 12.2 Å². The van der Waals surface area contributed by atoms with Crippen LogP contribution in [0, 0.1) is 5.92 Å². The van der Waals surface area contributed by atoms with Crippen molar-refractivity contribution >= 4 is 19.8 Å². The molecule has 0 spiro atoms. The highest BCUT2D eigenvalue weighted by atomic mass is 31.2. The third-order valence-electron chi connectivity index (χ3n) is 9.26. The molecular weight excluding hydrogens is 801 g/mol. The number of carbonyl (C=O) groups excluding carboxylic acids is 2. The topological polar surface area (TPSA) is 204 Å². The highest BCUT2D eigenvalue weighted by Gasteiger charge is 2.35. The summed E-state index contributed by atoms with van der Waals surface area (Å²) in [5, 5.41) is 30.9. The Morgan fingerprint density at radius 2 is 1.38 bits per heavy atom. The van der Waals surface area contributed by atoms with Crippen LogP contribution in [-0.2, 0) is 37.4 Å². The second-order valence-electron chi connectivity index (χ2n) is 14.7. The van der Waals surface area contributed by atoms with Gasteiger partial charge in [0.15, 0.2) is 12.4 Å². The van der Waals surface area contributed by atoms with Gasteiger partial charge in [-0.1, -0.05) is 130 Å². The number of ether oxygens (including phenoxy) is 3. The summed E-state index contributed by atoms with van der Waals surface area (Å²) in [6.07, 6.45) is 39.3. The molecule has 0 amide bonds. The summed E-state index contributed by atoms with van der Waals surface area (Å²) in [5.41, 5.74) is 5.34. The van der Waals surface area contributed by atoms with E-state index >= 15 is 0 Å². The number of nitrogens with two attached hydrogens (primary N) is 1. The van der Waals surface area contributed by atoms with Gasteiger partial charge in [0.05, 0.1) is 31.5 Å². The summed E-state index contributed by atoms with van der Waals surface area (Å²) in [4.78, 5) is 35.1. The molecule has 0 aromatic carbocycles.